The fourth-order valence-corrected chi connectivity index (χ4v) is 1.69. The van der Waals surface area contributed by atoms with Gasteiger partial charge in [0.25, 0.3) is 0 Å². The highest BCUT2D eigenvalue weighted by Crippen LogP contribution is 2.04. The second-order valence-corrected chi connectivity index (χ2v) is 4.14. The van der Waals surface area contributed by atoms with Gasteiger partial charge in [-0.3, -0.25) is 4.98 Å². The Hall–Kier alpha value is -1.91. The molecule has 5 heteroatoms. The van der Waals surface area contributed by atoms with Gasteiger partial charge in [-0.2, -0.15) is 5.10 Å². The van der Waals surface area contributed by atoms with Crippen LogP contribution in [0.1, 0.15) is 12.6 Å². The van der Waals surface area contributed by atoms with Crippen molar-refractivity contribution in [2.45, 2.75) is 6.92 Å². The zero-order valence-corrected chi connectivity index (χ0v) is 10.5. The monoisotopic (exact) mass is 231 g/mol. The van der Waals surface area contributed by atoms with Gasteiger partial charge in [-0.1, -0.05) is 6.07 Å². The van der Waals surface area contributed by atoms with Crippen LogP contribution in [0.4, 0.5) is 0 Å². The molecule has 1 fully saturated rings. The molecule has 0 atom stereocenters. The van der Waals surface area contributed by atoms with Crippen molar-refractivity contribution in [3.05, 3.63) is 30.1 Å². The third-order valence-electron chi connectivity index (χ3n) is 2.78. The molecule has 90 valence electrons. The number of guanidine groups is 1. The van der Waals surface area contributed by atoms with E-state index >= 15 is 0 Å². The highest BCUT2D eigenvalue weighted by Gasteiger charge is 2.19. The van der Waals surface area contributed by atoms with E-state index < -0.39 is 0 Å². The topological polar surface area (TPSA) is 44.1 Å². The molecule has 2 rings (SSSR count). The molecular formula is C12H17N5. The maximum atomic E-state index is 4.28. The van der Waals surface area contributed by atoms with Crippen LogP contribution in [0.15, 0.2) is 34.6 Å². The first-order valence-electron chi connectivity index (χ1n) is 5.64. The van der Waals surface area contributed by atoms with Crippen molar-refractivity contribution < 1.29 is 0 Å². The predicted octanol–water partition coefficient (Wildman–Crippen LogP) is 1.04. The van der Waals surface area contributed by atoms with Crippen molar-refractivity contribution in [2.75, 3.05) is 27.2 Å². The Balaban J connectivity index is 2.18. The Morgan fingerprint density at radius 2 is 1.94 bits per heavy atom. The number of aromatic nitrogens is 1. The number of pyridine rings is 1. The van der Waals surface area contributed by atoms with Crippen LogP contribution < -0.4 is 0 Å². The summed E-state index contributed by atoms with van der Waals surface area (Å²) in [5, 5.41) is 8.51. The van der Waals surface area contributed by atoms with Crippen LogP contribution in [-0.2, 0) is 0 Å². The summed E-state index contributed by atoms with van der Waals surface area (Å²) in [6.07, 6.45) is 1.76. The van der Waals surface area contributed by atoms with E-state index in [2.05, 4.69) is 25.0 Å². The number of hydrogen-bond donors (Lipinski definition) is 0. The van der Waals surface area contributed by atoms with E-state index in [4.69, 9.17) is 0 Å². The summed E-state index contributed by atoms with van der Waals surface area (Å²) in [6.45, 7) is 3.91. The summed E-state index contributed by atoms with van der Waals surface area (Å²) in [5.41, 5.74) is 1.69. The first-order valence-corrected chi connectivity index (χ1v) is 5.64. The molecule has 0 spiro atoms. The molecular weight excluding hydrogens is 214 g/mol. The smallest absolute Gasteiger partial charge is 0.221 e. The van der Waals surface area contributed by atoms with Gasteiger partial charge in [0, 0.05) is 33.4 Å². The van der Waals surface area contributed by atoms with Gasteiger partial charge in [0.15, 0.2) is 0 Å². The SMILES string of the molecule is C/C(=N\N=C1N(C)CCN1C)c1ccccn1. The van der Waals surface area contributed by atoms with Crippen LogP contribution in [0.3, 0.4) is 0 Å². The molecule has 0 aromatic carbocycles. The van der Waals surface area contributed by atoms with Crippen LogP contribution >= 0.6 is 0 Å². The normalized spacial score (nSPS) is 16.6. The average Bonchev–Trinajstić information content (AvgIpc) is 2.67. The highest BCUT2D eigenvalue weighted by atomic mass is 15.5. The van der Waals surface area contributed by atoms with Gasteiger partial charge in [-0.25, -0.2) is 0 Å². The van der Waals surface area contributed by atoms with Crippen molar-refractivity contribution in [3.63, 3.8) is 0 Å². The highest BCUT2D eigenvalue weighted by molar-refractivity contribution is 5.97. The summed E-state index contributed by atoms with van der Waals surface area (Å²) in [5.74, 6) is 0.903. The maximum Gasteiger partial charge on any atom is 0.221 e. The summed E-state index contributed by atoms with van der Waals surface area (Å²) < 4.78 is 0. The molecule has 0 unspecified atom stereocenters. The minimum absolute atomic E-state index is 0.826. The molecule has 0 amide bonds. The molecule has 5 nitrogen and oxygen atoms in total. The molecule has 1 aromatic rings. The quantitative estimate of drug-likeness (QED) is 0.564. The molecule has 0 aliphatic carbocycles. The van der Waals surface area contributed by atoms with E-state index in [0.29, 0.717) is 0 Å². The minimum Gasteiger partial charge on any atom is -0.343 e. The average molecular weight is 231 g/mol. The minimum atomic E-state index is 0.826. The number of likely N-dealkylation sites (N-methyl/N-ethyl adjacent to an activating group) is 2. The van der Waals surface area contributed by atoms with Gasteiger partial charge in [-0.15, -0.1) is 5.10 Å². The van der Waals surface area contributed by atoms with Crippen LogP contribution in [0, 0.1) is 0 Å². The van der Waals surface area contributed by atoms with Crippen molar-refractivity contribution >= 4 is 11.7 Å². The molecule has 2 heterocycles. The molecule has 17 heavy (non-hydrogen) atoms. The molecule has 0 radical (unpaired) electrons. The number of nitrogens with zero attached hydrogens (tertiary/aromatic N) is 5. The maximum absolute atomic E-state index is 4.28. The number of rotatable bonds is 2. The fourth-order valence-electron chi connectivity index (χ4n) is 1.69. The van der Waals surface area contributed by atoms with Crippen LogP contribution in [-0.4, -0.2) is 53.6 Å². The second-order valence-electron chi connectivity index (χ2n) is 4.14. The standard InChI is InChI=1S/C12H17N5/c1-10(11-6-4-5-7-13-11)14-15-12-16(2)8-9-17(12)3/h4-7H,8-9H2,1-3H3/b14-10+. The Bertz CT molecular complexity index is 425. The lowest BCUT2D eigenvalue weighted by atomic mass is 10.3. The zero-order valence-electron chi connectivity index (χ0n) is 10.5. The van der Waals surface area contributed by atoms with Crippen LogP contribution in [0.2, 0.25) is 0 Å². The van der Waals surface area contributed by atoms with Gasteiger partial charge in [0.1, 0.15) is 0 Å². The Morgan fingerprint density at radius 3 is 2.53 bits per heavy atom. The first-order chi connectivity index (χ1) is 8.18. The summed E-state index contributed by atoms with van der Waals surface area (Å²) in [6, 6.07) is 5.77. The van der Waals surface area contributed by atoms with E-state index in [1.807, 2.05) is 39.2 Å². The lowest BCUT2D eigenvalue weighted by molar-refractivity contribution is 0.553. The van der Waals surface area contributed by atoms with E-state index in [-0.39, 0.29) is 0 Å². The first kappa shape index (κ1) is 11.6. The zero-order chi connectivity index (χ0) is 12.3. The molecule has 1 aliphatic heterocycles. The van der Waals surface area contributed by atoms with Crippen molar-refractivity contribution in [3.8, 4) is 0 Å². The Kier molecular flexibility index (Phi) is 3.37. The third-order valence-corrected chi connectivity index (χ3v) is 2.78. The van der Waals surface area contributed by atoms with Gasteiger partial charge in [-0.05, 0) is 19.1 Å². The molecule has 1 aliphatic rings. The van der Waals surface area contributed by atoms with Crippen LogP contribution in [0.5, 0.6) is 0 Å². The van der Waals surface area contributed by atoms with Crippen molar-refractivity contribution in [1.82, 2.24) is 14.8 Å². The number of hydrogen-bond acceptors (Lipinski definition) is 3. The van der Waals surface area contributed by atoms with E-state index in [9.17, 15) is 0 Å². The third kappa shape index (κ3) is 2.61. The fraction of sp³-hybridized carbons (Fsp3) is 0.417. The van der Waals surface area contributed by atoms with Gasteiger partial charge >= 0.3 is 0 Å². The van der Waals surface area contributed by atoms with E-state index in [1.54, 1.807) is 6.20 Å². The van der Waals surface area contributed by atoms with Gasteiger partial charge < -0.3 is 9.80 Å². The molecule has 1 aromatic heterocycles. The van der Waals surface area contributed by atoms with E-state index in [1.165, 1.54) is 0 Å². The molecule has 0 bridgehead atoms. The lowest BCUT2D eigenvalue weighted by Crippen LogP contribution is -2.27. The molecule has 0 saturated carbocycles. The van der Waals surface area contributed by atoms with Crippen LogP contribution in [0.25, 0.3) is 0 Å². The molecule has 1 saturated heterocycles. The lowest BCUT2D eigenvalue weighted by Gasteiger charge is -2.13. The summed E-state index contributed by atoms with van der Waals surface area (Å²) in [7, 11) is 4.04. The van der Waals surface area contributed by atoms with Crippen molar-refractivity contribution in [2.24, 2.45) is 10.2 Å². The Labute approximate surface area is 101 Å². The van der Waals surface area contributed by atoms with Gasteiger partial charge in [0.2, 0.25) is 5.96 Å². The Morgan fingerprint density at radius 1 is 1.24 bits per heavy atom. The second kappa shape index (κ2) is 4.95. The van der Waals surface area contributed by atoms with E-state index in [0.717, 1.165) is 30.5 Å². The van der Waals surface area contributed by atoms with Crippen molar-refractivity contribution in [1.29, 1.82) is 0 Å². The largest absolute Gasteiger partial charge is 0.343 e. The molecule has 0 N–H and O–H groups in total. The van der Waals surface area contributed by atoms with Gasteiger partial charge in [0.05, 0.1) is 11.4 Å². The predicted molar refractivity (Wildman–Crippen MR) is 69.1 cm³/mol. The summed E-state index contributed by atoms with van der Waals surface area (Å²) in [4.78, 5) is 8.42. The summed E-state index contributed by atoms with van der Waals surface area (Å²) >= 11 is 0.